The van der Waals surface area contributed by atoms with Gasteiger partial charge in [0.2, 0.25) is 5.91 Å². The first-order valence-electron chi connectivity index (χ1n) is 8.36. The maximum atomic E-state index is 13.4. The van der Waals surface area contributed by atoms with Gasteiger partial charge in [0.15, 0.2) is 0 Å². The fourth-order valence-corrected chi connectivity index (χ4v) is 3.69. The smallest absolute Gasteiger partial charge is 0.240 e. The summed E-state index contributed by atoms with van der Waals surface area (Å²) in [6.07, 6.45) is 5.06. The van der Waals surface area contributed by atoms with Crippen LogP contribution in [0.2, 0.25) is 0 Å². The lowest BCUT2D eigenvalue weighted by Gasteiger charge is -2.36. The molecular weight excluding hydrogens is 293 g/mol. The number of piperidine rings is 1. The van der Waals surface area contributed by atoms with Crippen LogP contribution in [0, 0.1) is 22.6 Å². The molecule has 23 heavy (non-hydrogen) atoms. The monoisotopic (exact) mass is 315 g/mol. The highest BCUT2D eigenvalue weighted by molar-refractivity contribution is 5.86. The minimum Gasteiger partial charge on any atom is -0.369 e. The van der Waals surface area contributed by atoms with Crippen molar-refractivity contribution < 1.29 is 9.18 Å². The first kappa shape index (κ1) is 15.8. The average molecular weight is 315 g/mol. The summed E-state index contributed by atoms with van der Waals surface area (Å²) >= 11 is 0. The van der Waals surface area contributed by atoms with Crippen LogP contribution in [0.1, 0.15) is 38.5 Å². The summed E-state index contributed by atoms with van der Waals surface area (Å²) in [5.74, 6) is -0.369. The molecule has 1 amide bonds. The minimum absolute atomic E-state index is 0.0188. The van der Waals surface area contributed by atoms with Crippen LogP contribution in [0.5, 0.6) is 0 Å². The summed E-state index contributed by atoms with van der Waals surface area (Å²) in [5, 5.41) is 12.5. The predicted molar refractivity (Wildman–Crippen MR) is 86.3 cm³/mol. The lowest BCUT2D eigenvalue weighted by Crippen LogP contribution is -2.51. The number of anilines is 1. The molecule has 5 heteroatoms. The Kier molecular flexibility index (Phi) is 4.51. The zero-order chi connectivity index (χ0) is 16.3. The minimum atomic E-state index is -0.832. The SMILES string of the molecule is N#CC1(C(=O)N[C@@H]2CCCN(c3cccc(F)c3)C2)CCCC1. The Morgan fingerprint density at radius 3 is 2.83 bits per heavy atom. The molecule has 1 aromatic carbocycles. The number of nitrogens with one attached hydrogen (secondary N) is 1. The van der Waals surface area contributed by atoms with Crippen LogP contribution in [-0.2, 0) is 4.79 Å². The molecule has 1 N–H and O–H groups in total. The van der Waals surface area contributed by atoms with Gasteiger partial charge in [-0.3, -0.25) is 4.79 Å². The van der Waals surface area contributed by atoms with Crippen LogP contribution in [0.4, 0.5) is 10.1 Å². The van der Waals surface area contributed by atoms with E-state index in [0.29, 0.717) is 19.4 Å². The number of hydrogen-bond acceptors (Lipinski definition) is 3. The largest absolute Gasteiger partial charge is 0.369 e. The molecule has 1 heterocycles. The standard InChI is InChI=1S/C18H22FN3O/c19-14-5-3-7-16(11-14)22-10-4-6-15(12-22)21-17(23)18(13-20)8-1-2-9-18/h3,5,7,11,15H,1-2,4,6,8-10,12H2,(H,21,23)/t15-/m1/s1. The second-order valence-electron chi connectivity index (χ2n) is 6.64. The summed E-state index contributed by atoms with van der Waals surface area (Å²) < 4.78 is 13.4. The van der Waals surface area contributed by atoms with Gasteiger partial charge in [-0.2, -0.15) is 5.26 Å². The Balaban J connectivity index is 1.65. The molecule has 4 nitrogen and oxygen atoms in total. The van der Waals surface area contributed by atoms with Gasteiger partial charge in [-0.25, -0.2) is 4.39 Å². The fourth-order valence-electron chi connectivity index (χ4n) is 3.69. The van der Waals surface area contributed by atoms with E-state index in [9.17, 15) is 14.4 Å². The molecule has 1 aromatic rings. The second kappa shape index (κ2) is 6.57. The number of rotatable bonds is 3. The van der Waals surface area contributed by atoms with Gasteiger partial charge in [0.1, 0.15) is 11.2 Å². The topological polar surface area (TPSA) is 56.1 Å². The Morgan fingerprint density at radius 2 is 2.13 bits per heavy atom. The quantitative estimate of drug-likeness (QED) is 0.933. The summed E-state index contributed by atoms with van der Waals surface area (Å²) in [7, 11) is 0. The van der Waals surface area contributed by atoms with E-state index in [4.69, 9.17) is 0 Å². The Hall–Kier alpha value is -2.09. The number of carbonyl (C=O) groups is 1. The number of benzene rings is 1. The van der Waals surface area contributed by atoms with Gasteiger partial charge in [0.05, 0.1) is 6.07 Å². The van der Waals surface area contributed by atoms with Crippen LogP contribution in [0.25, 0.3) is 0 Å². The highest BCUT2D eigenvalue weighted by Crippen LogP contribution is 2.37. The molecule has 1 saturated heterocycles. The van der Waals surface area contributed by atoms with Crippen molar-refractivity contribution in [2.75, 3.05) is 18.0 Å². The molecule has 1 saturated carbocycles. The van der Waals surface area contributed by atoms with E-state index in [2.05, 4.69) is 16.3 Å². The van der Waals surface area contributed by atoms with Crippen molar-refractivity contribution >= 4 is 11.6 Å². The summed E-state index contributed by atoms with van der Waals surface area (Å²) in [6, 6.07) is 8.81. The fraction of sp³-hybridized carbons (Fsp3) is 0.556. The third-order valence-corrected chi connectivity index (χ3v) is 5.04. The maximum absolute atomic E-state index is 13.4. The van der Waals surface area contributed by atoms with Gasteiger partial charge in [-0.1, -0.05) is 18.9 Å². The highest BCUT2D eigenvalue weighted by atomic mass is 19.1. The maximum Gasteiger partial charge on any atom is 0.240 e. The van der Waals surface area contributed by atoms with Gasteiger partial charge < -0.3 is 10.2 Å². The van der Waals surface area contributed by atoms with Crippen LogP contribution in [0.15, 0.2) is 24.3 Å². The number of amides is 1. The predicted octanol–water partition coefficient (Wildman–Crippen LogP) is 2.99. The number of nitrogens with zero attached hydrogens (tertiary/aromatic N) is 2. The van der Waals surface area contributed by atoms with Crippen molar-refractivity contribution in [3.05, 3.63) is 30.1 Å². The molecule has 0 spiro atoms. The highest BCUT2D eigenvalue weighted by Gasteiger charge is 2.42. The number of hydrogen-bond donors (Lipinski definition) is 1. The number of halogens is 1. The van der Waals surface area contributed by atoms with E-state index in [0.717, 1.165) is 37.9 Å². The lowest BCUT2D eigenvalue weighted by atomic mass is 9.86. The van der Waals surface area contributed by atoms with Crippen molar-refractivity contribution in [3.8, 4) is 6.07 Å². The van der Waals surface area contributed by atoms with E-state index in [1.165, 1.54) is 12.1 Å². The molecule has 3 rings (SSSR count). The third kappa shape index (κ3) is 3.31. The summed E-state index contributed by atoms with van der Waals surface area (Å²) in [5.41, 5.74) is 0.0148. The van der Waals surface area contributed by atoms with E-state index < -0.39 is 5.41 Å². The van der Waals surface area contributed by atoms with Crippen molar-refractivity contribution in [2.45, 2.75) is 44.6 Å². The second-order valence-corrected chi connectivity index (χ2v) is 6.64. The Labute approximate surface area is 136 Å². The van der Waals surface area contributed by atoms with Crippen molar-refractivity contribution in [1.29, 1.82) is 5.26 Å². The number of carbonyl (C=O) groups excluding carboxylic acids is 1. The van der Waals surface area contributed by atoms with Gasteiger partial charge in [-0.15, -0.1) is 0 Å². The van der Waals surface area contributed by atoms with Gasteiger partial charge in [-0.05, 0) is 43.9 Å². The molecular formula is C18H22FN3O. The van der Waals surface area contributed by atoms with Crippen LogP contribution in [0.3, 0.4) is 0 Å². The van der Waals surface area contributed by atoms with Crippen molar-refractivity contribution in [2.24, 2.45) is 5.41 Å². The first-order chi connectivity index (χ1) is 11.1. The summed E-state index contributed by atoms with van der Waals surface area (Å²) in [4.78, 5) is 14.7. The van der Waals surface area contributed by atoms with Gasteiger partial charge in [0.25, 0.3) is 0 Å². The normalized spacial score (nSPS) is 23.3. The molecule has 0 radical (unpaired) electrons. The van der Waals surface area contributed by atoms with Crippen molar-refractivity contribution in [3.63, 3.8) is 0 Å². The zero-order valence-electron chi connectivity index (χ0n) is 13.2. The van der Waals surface area contributed by atoms with E-state index in [-0.39, 0.29) is 17.8 Å². The molecule has 0 aromatic heterocycles. The molecule has 1 aliphatic carbocycles. The Bertz CT molecular complexity index is 619. The summed E-state index contributed by atoms with van der Waals surface area (Å²) in [6.45, 7) is 1.52. The molecule has 122 valence electrons. The van der Waals surface area contributed by atoms with Crippen LogP contribution < -0.4 is 10.2 Å². The van der Waals surface area contributed by atoms with E-state index in [1.54, 1.807) is 6.07 Å². The van der Waals surface area contributed by atoms with E-state index in [1.807, 2.05) is 6.07 Å². The lowest BCUT2D eigenvalue weighted by molar-refractivity contribution is -0.128. The third-order valence-electron chi connectivity index (χ3n) is 5.04. The van der Waals surface area contributed by atoms with Crippen molar-refractivity contribution in [1.82, 2.24) is 5.32 Å². The average Bonchev–Trinajstić information content (AvgIpc) is 3.05. The Morgan fingerprint density at radius 1 is 1.35 bits per heavy atom. The zero-order valence-corrected chi connectivity index (χ0v) is 13.2. The van der Waals surface area contributed by atoms with Crippen LogP contribution >= 0.6 is 0 Å². The molecule has 2 fully saturated rings. The first-order valence-corrected chi connectivity index (χ1v) is 8.36. The molecule has 1 atom stereocenters. The molecule has 2 aliphatic rings. The molecule has 0 bridgehead atoms. The van der Waals surface area contributed by atoms with Gasteiger partial charge >= 0.3 is 0 Å². The molecule has 0 unspecified atom stereocenters. The van der Waals surface area contributed by atoms with Gasteiger partial charge in [0, 0.05) is 24.8 Å². The number of nitriles is 1. The molecule has 1 aliphatic heterocycles. The van der Waals surface area contributed by atoms with E-state index >= 15 is 0 Å². The van der Waals surface area contributed by atoms with Crippen LogP contribution in [-0.4, -0.2) is 25.0 Å².